The molecule has 5 aliphatic rings. The number of hydrogen-bond acceptors (Lipinski definition) is 5. The second-order valence-electron chi connectivity index (χ2n) is 11.1. The van der Waals surface area contributed by atoms with Crippen molar-refractivity contribution >= 4 is 0 Å². The molecule has 5 heteroatoms. The number of aliphatic hydroxyl groups excluding tert-OH is 1. The number of aliphatic hydroxyl groups is 2. The molecular weight excluding hydrogens is 368 g/mol. The van der Waals surface area contributed by atoms with Gasteiger partial charge < -0.3 is 19.4 Å². The van der Waals surface area contributed by atoms with E-state index < -0.39 is 5.60 Å². The highest BCUT2D eigenvalue weighted by molar-refractivity contribution is 5.35. The molecule has 1 spiro atoms. The molecule has 1 aromatic rings. The molecule has 5 nitrogen and oxygen atoms in total. The van der Waals surface area contributed by atoms with Gasteiger partial charge in [0.15, 0.2) is 0 Å². The average molecular weight is 401 g/mol. The Balaban J connectivity index is 1.37. The normalized spacial score (nSPS) is 55.4. The first-order chi connectivity index (χ1) is 13.7. The van der Waals surface area contributed by atoms with E-state index in [4.69, 9.17) is 9.15 Å². The fourth-order valence-corrected chi connectivity index (χ4v) is 8.73. The van der Waals surface area contributed by atoms with E-state index in [0.717, 1.165) is 50.5 Å². The van der Waals surface area contributed by atoms with Crippen molar-refractivity contribution in [3.8, 4) is 0 Å². The first-order valence-electron chi connectivity index (χ1n) is 11.4. The van der Waals surface area contributed by atoms with E-state index in [-0.39, 0.29) is 34.3 Å². The Kier molecular flexibility index (Phi) is 3.55. The van der Waals surface area contributed by atoms with Crippen molar-refractivity contribution in [2.24, 2.45) is 22.7 Å². The zero-order chi connectivity index (χ0) is 20.2. The molecule has 1 aliphatic heterocycles. The van der Waals surface area contributed by atoms with Crippen LogP contribution < -0.4 is 5.63 Å². The van der Waals surface area contributed by atoms with E-state index in [1.807, 2.05) is 6.07 Å². The van der Waals surface area contributed by atoms with Gasteiger partial charge in [-0.25, -0.2) is 4.79 Å². The largest absolute Gasteiger partial charge is 0.431 e. The molecule has 4 saturated carbocycles. The summed E-state index contributed by atoms with van der Waals surface area (Å²) >= 11 is 0. The maximum absolute atomic E-state index is 11.6. The number of fused-ring (bicyclic) bond motifs is 3. The minimum atomic E-state index is -0.749. The van der Waals surface area contributed by atoms with Gasteiger partial charge in [0.25, 0.3) is 0 Å². The quantitative estimate of drug-likeness (QED) is 0.706. The third-order valence-electron chi connectivity index (χ3n) is 10.3. The Bertz CT molecular complexity index is 890. The number of hydrogen-bond donors (Lipinski definition) is 2. The lowest BCUT2D eigenvalue weighted by Gasteiger charge is -2.64. The molecule has 0 aromatic carbocycles. The SMILES string of the molecule is C[C@]12CCC3C(CC[C@]4(O)C[C@@H](O)CC[C@]34C)C13OC3CC2c1ccc(=O)oc1. The van der Waals surface area contributed by atoms with Crippen molar-refractivity contribution in [2.75, 3.05) is 0 Å². The summed E-state index contributed by atoms with van der Waals surface area (Å²) in [5, 5.41) is 21.8. The fourth-order valence-electron chi connectivity index (χ4n) is 8.73. The summed E-state index contributed by atoms with van der Waals surface area (Å²) in [6.45, 7) is 4.67. The van der Waals surface area contributed by atoms with Gasteiger partial charge in [-0.15, -0.1) is 0 Å². The van der Waals surface area contributed by atoms with Crippen LogP contribution in [-0.2, 0) is 4.74 Å². The molecular formula is C24H32O5. The third-order valence-corrected chi connectivity index (χ3v) is 10.3. The van der Waals surface area contributed by atoms with Crippen LogP contribution in [0.25, 0.3) is 0 Å². The van der Waals surface area contributed by atoms with Crippen molar-refractivity contribution < 1.29 is 19.4 Å². The van der Waals surface area contributed by atoms with Crippen LogP contribution in [0.3, 0.4) is 0 Å². The third kappa shape index (κ3) is 2.10. The molecule has 0 amide bonds. The van der Waals surface area contributed by atoms with Crippen LogP contribution in [0, 0.1) is 22.7 Å². The molecule has 0 radical (unpaired) electrons. The minimum absolute atomic E-state index is 0.0404. The monoisotopic (exact) mass is 400 g/mol. The lowest BCUT2D eigenvalue weighted by Crippen LogP contribution is -2.65. The van der Waals surface area contributed by atoms with Gasteiger partial charge in [-0.05, 0) is 79.7 Å². The predicted octanol–water partition coefficient (Wildman–Crippen LogP) is 3.37. The second-order valence-corrected chi connectivity index (χ2v) is 11.1. The number of ether oxygens (including phenoxy) is 1. The predicted molar refractivity (Wildman–Crippen MR) is 106 cm³/mol. The maximum atomic E-state index is 11.6. The summed E-state index contributed by atoms with van der Waals surface area (Å²) in [5.41, 5.74) is -0.118. The van der Waals surface area contributed by atoms with Crippen LogP contribution in [0.5, 0.6) is 0 Å². The summed E-state index contributed by atoms with van der Waals surface area (Å²) in [4.78, 5) is 11.4. The van der Waals surface area contributed by atoms with Gasteiger partial charge in [-0.1, -0.05) is 13.8 Å². The molecule has 0 bridgehead atoms. The van der Waals surface area contributed by atoms with Crippen LogP contribution in [0.2, 0.25) is 0 Å². The van der Waals surface area contributed by atoms with Gasteiger partial charge in [0.1, 0.15) is 5.60 Å². The molecule has 2 heterocycles. The van der Waals surface area contributed by atoms with Gasteiger partial charge in [-0.2, -0.15) is 0 Å². The van der Waals surface area contributed by atoms with Gasteiger partial charge in [0.05, 0.1) is 24.1 Å². The smallest absolute Gasteiger partial charge is 0.335 e. The van der Waals surface area contributed by atoms with Crippen molar-refractivity contribution in [1.29, 1.82) is 0 Å². The van der Waals surface area contributed by atoms with Crippen LogP contribution >= 0.6 is 0 Å². The van der Waals surface area contributed by atoms with E-state index in [9.17, 15) is 15.0 Å². The van der Waals surface area contributed by atoms with Crippen molar-refractivity contribution in [3.05, 3.63) is 34.4 Å². The average Bonchev–Trinajstić information content (AvgIpc) is 3.34. The Morgan fingerprint density at radius 2 is 1.79 bits per heavy atom. The molecule has 1 saturated heterocycles. The topological polar surface area (TPSA) is 83.2 Å². The first-order valence-corrected chi connectivity index (χ1v) is 11.4. The van der Waals surface area contributed by atoms with E-state index in [0.29, 0.717) is 24.2 Å². The first kappa shape index (κ1) is 18.6. The van der Waals surface area contributed by atoms with Crippen LogP contribution in [0.15, 0.2) is 27.6 Å². The summed E-state index contributed by atoms with van der Waals surface area (Å²) in [5.74, 6) is 1.26. The molecule has 6 rings (SSSR count). The molecule has 29 heavy (non-hydrogen) atoms. The van der Waals surface area contributed by atoms with Crippen LogP contribution in [-0.4, -0.2) is 33.6 Å². The van der Waals surface area contributed by atoms with Crippen molar-refractivity contribution in [1.82, 2.24) is 0 Å². The highest BCUT2D eigenvalue weighted by atomic mass is 16.6. The van der Waals surface area contributed by atoms with Gasteiger partial charge in [0.2, 0.25) is 0 Å². The maximum Gasteiger partial charge on any atom is 0.335 e. The highest BCUT2D eigenvalue weighted by Gasteiger charge is 2.81. The standard InChI is InChI=1S/C24H32O5/c1-21-8-5-15(25)12-23(21,27)10-7-17-16(21)6-9-22(2)18(11-19-24(17,22)29-19)14-3-4-20(26)28-13-14/h3-4,13,15-19,25,27H,5-12H2,1-2H3/t15-,16?,17?,18?,19?,21+,22+,23-,24?/m0/s1. The van der Waals surface area contributed by atoms with E-state index >= 15 is 0 Å². The van der Waals surface area contributed by atoms with Crippen molar-refractivity contribution in [2.45, 2.75) is 94.5 Å². The summed E-state index contributed by atoms with van der Waals surface area (Å²) in [6, 6.07) is 3.48. The van der Waals surface area contributed by atoms with E-state index in [2.05, 4.69) is 13.8 Å². The fraction of sp³-hybridized carbons (Fsp3) is 0.792. The lowest BCUT2D eigenvalue weighted by atomic mass is 9.42. The Labute approximate surface area is 171 Å². The molecule has 2 N–H and O–H groups in total. The van der Waals surface area contributed by atoms with E-state index in [1.54, 1.807) is 6.26 Å². The van der Waals surface area contributed by atoms with Gasteiger partial charge in [0, 0.05) is 17.9 Å². The van der Waals surface area contributed by atoms with Gasteiger partial charge in [-0.3, -0.25) is 0 Å². The summed E-state index contributed by atoms with van der Waals surface area (Å²) in [7, 11) is 0. The molecule has 5 unspecified atom stereocenters. The molecule has 4 aliphatic carbocycles. The highest BCUT2D eigenvalue weighted by Crippen LogP contribution is 2.78. The van der Waals surface area contributed by atoms with Crippen molar-refractivity contribution in [3.63, 3.8) is 0 Å². The lowest BCUT2D eigenvalue weighted by molar-refractivity contribution is -0.223. The number of rotatable bonds is 1. The molecule has 5 fully saturated rings. The Morgan fingerprint density at radius 3 is 2.55 bits per heavy atom. The van der Waals surface area contributed by atoms with E-state index in [1.165, 1.54) is 6.07 Å². The van der Waals surface area contributed by atoms with Gasteiger partial charge >= 0.3 is 5.63 Å². The molecule has 9 atom stereocenters. The summed E-state index contributed by atoms with van der Waals surface area (Å²) in [6.07, 6.45) is 8.69. The Hall–Kier alpha value is -1.17. The zero-order valence-corrected chi connectivity index (χ0v) is 17.4. The second kappa shape index (κ2) is 5.54. The minimum Gasteiger partial charge on any atom is -0.431 e. The summed E-state index contributed by atoms with van der Waals surface area (Å²) < 4.78 is 11.8. The van der Waals surface area contributed by atoms with Crippen LogP contribution in [0.1, 0.15) is 76.7 Å². The molecule has 158 valence electrons. The zero-order valence-electron chi connectivity index (χ0n) is 17.4. The Morgan fingerprint density at radius 1 is 1.03 bits per heavy atom. The molecule has 1 aromatic heterocycles. The van der Waals surface area contributed by atoms with Crippen LogP contribution in [0.4, 0.5) is 0 Å². The number of epoxide rings is 1.